The van der Waals surface area contributed by atoms with Crippen LogP contribution >= 0.6 is 0 Å². The van der Waals surface area contributed by atoms with Crippen LogP contribution in [0.15, 0.2) is 24.3 Å². The van der Waals surface area contributed by atoms with Gasteiger partial charge in [0.1, 0.15) is 0 Å². The summed E-state index contributed by atoms with van der Waals surface area (Å²) in [5.74, 6) is -0.232. The van der Waals surface area contributed by atoms with E-state index in [1.165, 1.54) is 18.2 Å². The van der Waals surface area contributed by atoms with Crippen LogP contribution in [-0.4, -0.2) is 37.0 Å². The monoisotopic (exact) mass is 289 g/mol. The Morgan fingerprint density at radius 1 is 1.33 bits per heavy atom. The number of methoxy groups -OCH3 is 1. The van der Waals surface area contributed by atoms with Crippen LogP contribution in [0.25, 0.3) is 0 Å². The molecule has 4 nitrogen and oxygen atoms in total. The van der Waals surface area contributed by atoms with E-state index < -0.39 is 0 Å². The molecule has 0 N–H and O–H groups in total. The van der Waals surface area contributed by atoms with Gasteiger partial charge in [-0.2, -0.15) is 0 Å². The second-order valence-corrected chi connectivity index (χ2v) is 5.63. The maximum Gasteiger partial charge on any atom is 0.310 e. The maximum atomic E-state index is 12.3. The number of rotatable bonds is 4. The van der Waals surface area contributed by atoms with Gasteiger partial charge in [-0.05, 0) is 37.3 Å². The van der Waals surface area contributed by atoms with E-state index in [2.05, 4.69) is 19.1 Å². The van der Waals surface area contributed by atoms with Crippen LogP contribution in [0.2, 0.25) is 0 Å². The summed E-state index contributed by atoms with van der Waals surface area (Å²) in [5.41, 5.74) is 2.43. The predicted octanol–water partition coefficient (Wildman–Crippen LogP) is 2.34. The van der Waals surface area contributed by atoms with Crippen LogP contribution in [0.4, 0.5) is 0 Å². The van der Waals surface area contributed by atoms with E-state index in [-0.39, 0.29) is 17.8 Å². The van der Waals surface area contributed by atoms with Gasteiger partial charge in [-0.25, -0.2) is 0 Å². The second kappa shape index (κ2) is 7.25. The number of hydrogen-bond acceptors (Lipinski definition) is 3. The largest absolute Gasteiger partial charge is 0.469 e. The summed E-state index contributed by atoms with van der Waals surface area (Å²) in [6.45, 7) is 3.31. The lowest BCUT2D eigenvalue weighted by atomic mass is 9.97. The molecular weight excluding hydrogens is 266 g/mol. The fourth-order valence-electron chi connectivity index (χ4n) is 2.85. The van der Waals surface area contributed by atoms with Crippen molar-refractivity contribution < 1.29 is 14.3 Å². The second-order valence-electron chi connectivity index (χ2n) is 5.63. The molecule has 1 aliphatic rings. The zero-order valence-electron chi connectivity index (χ0n) is 12.8. The van der Waals surface area contributed by atoms with Crippen LogP contribution in [0.5, 0.6) is 0 Å². The summed E-state index contributed by atoms with van der Waals surface area (Å²) in [6.07, 6.45) is 2.94. The van der Waals surface area contributed by atoms with Gasteiger partial charge in [-0.3, -0.25) is 9.59 Å². The molecule has 0 aliphatic carbocycles. The Balaban J connectivity index is 1.88. The van der Waals surface area contributed by atoms with Crippen molar-refractivity contribution in [3.05, 3.63) is 35.4 Å². The van der Waals surface area contributed by atoms with Crippen LogP contribution in [-0.2, 0) is 20.7 Å². The summed E-state index contributed by atoms with van der Waals surface area (Å²) in [6, 6.07) is 8.14. The standard InChI is InChI=1S/C17H23NO3/c1-13-6-3-4-7-14(13)9-10-16(19)18-11-5-8-15(12-18)17(20)21-2/h3-4,6-7,15H,5,8-12H2,1-2H3/t15-/m0/s1. The predicted molar refractivity (Wildman–Crippen MR) is 80.8 cm³/mol. The molecule has 4 heteroatoms. The van der Waals surface area contributed by atoms with E-state index in [1.54, 1.807) is 0 Å². The van der Waals surface area contributed by atoms with E-state index in [0.29, 0.717) is 13.0 Å². The van der Waals surface area contributed by atoms with E-state index in [9.17, 15) is 9.59 Å². The van der Waals surface area contributed by atoms with Gasteiger partial charge >= 0.3 is 5.97 Å². The van der Waals surface area contributed by atoms with E-state index >= 15 is 0 Å². The number of amides is 1. The molecule has 114 valence electrons. The number of carbonyl (C=O) groups is 2. The molecule has 0 spiro atoms. The molecular formula is C17H23NO3. The average molecular weight is 289 g/mol. The molecule has 1 aromatic carbocycles. The molecule has 0 saturated carbocycles. The number of aryl methyl sites for hydroxylation is 2. The molecule has 21 heavy (non-hydrogen) atoms. The van der Waals surface area contributed by atoms with E-state index in [4.69, 9.17) is 4.74 Å². The lowest BCUT2D eigenvalue weighted by Crippen LogP contribution is -2.42. The van der Waals surface area contributed by atoms with Crippen LogP contribution in [0, 0.1) is 12.8 Å². The number of piperidine rings is 1. The Labute approximate surface area is 126 Å². The molecule has 0 radical (unpaired) electrons. The Morgan fingerprint density at radius 3 is 2.81 bits per heavy atom. The van der Waals surface area contributed by atoms with Crippen molar-refractivity contribution in [3.8, 4) is 0 Å². The third-order valence-electron chi connectivity index (χ3n) is 4.18. The smallest absolute Gasteiger partial charge is 0.310 e. The molecule has 2 rings (SSSR count). The third kappa shape index (κ3) is 4.06. The lowest BCUT2D eigenvalue weighted by molar-refractivity contribution is -0.149. The summed E-state index contributed by atoms with van der Waals surface area (Å²) in [7, 11) is 1.40. The number of ether oxygens (including phenoxy) is 1. The molecule has 0 bridgehead atoms. The highest BCUT2D eigenvalue weighted by Crippen LogP contribution is 2.19. The molecule has 0 unspecified atom stereocenters. The SMILES string of the molecule is COC(=O)[C@H]1CCCN(C(=O)CCc2ccccc2C)C1. The first-order valence-electron chi connectivity index (χ1n) is 7.52. The van der Waals surface area contributed by atoms with Gasteiger partial charge in [0, 0.05) is 19.5 Å². The fourth-order valence-corrected chi connectivity index (χ4v) is 2.85. The number of likely N-dealkylation sites (tertiary alicyclic amines) is 1. The lowest BCUT2D eigenvalue weighted by Gasteiger charge is -2.31. The van der Waals surface area contributed by atoms with Crippen molar-refractivity contribution >= 4 is 11.9 Å². The highest BCUT2D eigenvalue weighted by atomic mass is 16.5. The van der Waals surface area contributed by atoms with Crippen LogP contribution in [0.3, 0.4) is 0 Å². The third-order valence-corrected chi connectivity index (χ3v) is 4.18. The van der Waals surface area contributed by atoms with Gasteiger partial charge in [0.05, 0.1) is 13.0 Å². The minimum absolute atomic E-state index is 0.131. The van der Waals surface area contributed by atoms with Crippen molar-refractivity contribution in [2.75, 3.05) is 20.2 Å². The Hall–Kier alpha value is -1.84. The minimum atomic E-state index is -0.202. The molecule has 1 atom stereocenters. The highest BCUT2D eigenvalue weighted by Gasteiger charge is 2.28. The van der Waals surface area contributed by atoms with E-state index in [0.717, 1.165) is 25.8 Å². The van der Waals surface area contributed by atoms with Crippen LogP contribution in [0.1, 0.15) is 30.4 Å². The summed E-state index contributed by atoms with van der Waals surface area (Å²) >= 11 is 0. The maximum absolute atomic E-state index is 12.3. The fraction of sp³-hybridized carbons (Fsp3) is 0.529. The number of hydrogen-bond donors (Lipinski definition) is 0. The summed E-state index contributed by atoms with van der Waals surface area (Å²) in [4.78, 5) is 25.7. The highest BCUT2D eigenvalue weighted by molar-refractivity contribution is 5.78. The zero-order chi connectivity index (χ0) is 15.2. The van der Waals surface area contributed by atoms with Gasteiger partial charge in [-0.1, -0.05) is 24.3 Å². The normalized spacial score (nSPS) is 18.4. The Morgan fingerprint density at radius 2 is 2.10 bits per heavy atom. The van der Waals surface area contributed by atoms with Gasteiger partial charge in [0.15, 0.2) is 0 Å². The van der Waals surface area contributed by atoms with Crippen molar-refractivity contribution in [1.29, 1.82) is 0 Å². The van der Waals surface area contributed by atoms with Gasteiger partial charge in [0.25, 0.3) is 0 Å². The first-order chi connectivity index (χ1) is 10.1. The topological polar surface area (TPSA) is 46.6 Å². The Bertz CT molecular complexity index is 513. The molecule has 1 heterocycles. The molecule has 0 aromatic heterocycles. The van der Waals surface area contributed by atoms with E-state index in [1.807, 2.05) is 17.0 Å². The number of esters is 1. The quantitative estimate of drug-likeness (QED) is 0.799. The Kier molecular flexibility index (Phi) is 5.37. The van der Waals surface area contributed by atoms with Crippen molar-refractivity contribution in [1.82, 2.24) is 4.90 Å². The summed E-state index contributed by atoms with van der Waals surface area (Å²) < 4.78 is 4.79. The van der Waals surface area contributed by atoms with Crippen molar-refractivity contribution in [3.63, 3.8) is 0 Å². The van der Waals surface area contributed by atoms with Gasteiger partial charge < -0.3 is 9.64 Å². The number of nitrogens with zero attached hydrogens (tertiary/aromatic N) is 1. The number of carbonyl (C=O) groups excluding carboxylic acids is 2. The van der Waals surface area contributed by atoms with Gasteiger partial charge in [0.2, 0.25) is 5.91 Å². The zero-order valence-corrected chi connectivity index (χ0v) is 12.8. The molecule has 1 aliphatic heterocycles. The molecule has 1 saturated heterocycles. The number of benzene rings is 1. The minimum Gasteiger partial charge on any atom is -0.469 e. The van der Waals surface area contributed by atoms with Gasteiger partial charge in [-0.15, -0.1) is 0 Å². The first-order valence-corrected chi connectivity index (χ1v) is 7.52. The molecule has 1 fully saturated rings. The molecule has 1 aromatic rings. The van der Waals surface area contributed by atoms with Crippen LogP contribution < -0.4 is 0 Å². The molecule has 1 amide bonds. The average Bonchev–Trinajstić information content (AvgIpc) is 2.53. The summed E-state index contributed by atoms with van der Waals surface area (Å²) in [5, 5.41) is 0. The van der Waals surface area contributed by atoms with Crippen molar-refractivity contribution in [2.45, 2.75) is 32.6 Å². The first kappa shape index (κ1) is 15.5. The van der Waals surface area contributed by atoms with Crippen molar-refractivity contribution in [2.24, 2.45) is 5.92 Å².